The van der Waals surface area contributed by atoms with E-state index in [1.807, 2.05) is 42.5 Å². The number of amides is 1. The second kappa shape index (κ2) is 13.1. The first-order valence-electron chi connectivity index (χ1n) is 13.6. The highest BCUT2D eigenvalue weighted by Gasteiger charge is 2.13. The number of benzene rings is 3. The van der Waals surface area contributed by atoms with Crippen molar-refractivity contribution in [3.8, 4) is 5.75 Å². The fraction of sp³-hybridized carbons (Fsp3) is 0.333. The first-order chi connectivity index (χ1) is 18.4. The predicted molar refractivity (Wildman–Crippen MR) is 156 cm³/mol. The molecule has 5 nitrogen and oxygen atoms in total. The molecule has 0 spiro atoms. The van der Waals surface area contributed by atoms with Crippen LogP contribution in [0.25, 0.3) is 17.1 Å². The van der Waals surface area contributed by atoms with E-state index in [0.717, 1.165) is 60.4 Å². The number of nitrogens with one attached hydrogen (secondary N) is 1. The van der Waals surface area contributed by atoms with Gasteiger partial charge in [-0.05, 0) is 59.7 Å². The third-order valence-corrected chi connectivity index (χ3v) is 6.64. The van der Waals surface area contributed by atoms with Gasteiger partial charge in [0, 0.05) is 19.0 Å². The fourth-order valence-electron chi connectivity index (χ4n) is 4.46. The number of aryl methyl sites for hydroxylation is 1. The number of unbranched alkanes of at least 4 members (excludes halogenated alkanes) is 2. The Bertz CT molecular complexity index is 1330. The Morgan fingerprint density at radius 3 is 2.42 bits per heavy atom. The van der Waals surface area contributed by atoms with Gasteiger partial charge in [0.05, 0.1) is 17.6 Å². The molecule has 0 unspecified atom stereocenters. The molecule has 0 aliphatic heterocycles. The van der Waals surface area contributed by atoms with Crippen molar-refractivity contribution < 1.29 is 9.53 Å². The summed E-state index contributed by atoms with van der Waals surface area (Å²) in [5, 5.41) is 2.98. The minimum Gasteiger partial charge on any atom is -0.492 e. The summed E-state index contributed by atoms with van der Waals surface area (Å²) >= 11 is 0. The predicted octanol–water partition coefficient (Wildman–Crippen LogP) is 6.96. The van der Waals surface area contributed by atoms with Crippen molar-refractivity contribution in [2.24, 2.45) is 0 Å². The molecule has 4 aromatic rings. The Hall–Kier alpha value is -3.86. The van der Waals surface area contributed by atoms with Crippen molar-refractivity contribution in [1.82, 2.24) is 14.9 Å². The lowest BCUT2D eigenvalue weighted by atomic mass is 9.87. The maximum absolute atomic E-state index is 12.1. The van der Waals surface area contributed by atoms with E-state index in [9.17, 15) is 4.79 Å². The van der Waals surface area contributed by atoms with E-state index in [0.29, 0.717) is 13.2 Å². The van der Waals surface area contributed by atoms with Crippen LogP contribution in [0.2, 0.25) is 0 Å². The van der Waals surface area contributed by atoms with Gasteiger partial charge in [-0.1, -0.05) is 81.8 Å². The van der Waals surface area contributed by atoms with Gasteiger partial charge in [0.25, 0.3) is 0 Å². The standard InChI is InChI=1S/C33H39N3O2/c1-33(2,3)27-18-20-28(21-19-27)38-25-24-36-30-15-10-9-14-29(30)35-31(36)16-8-5-11-23-34-32(37)22-17-26-12-6-4-7-13-26/h4,6-7,9-10,12-15,17-22H,5,8,11,16,23-25H2,1-3H3,(H,34,37)/b22-17+. The summed E-state index contributed by atoms with van der Waals surface area (Å²) in [5.41, 5.74) is 4.63. The molecule has 4 rings (SSSR count). The van der Waals surface area contributed by atoms with Crippen LogP contribution in [0.4, 0.5) is 0 Å². The topological polar surface area (TPSA) is 56.1 Å². The number of carbonyl (C=O) groups excluding carboxylic acids is 1. The number of fused-ring (bicyclic) bond motifs is 1. The van der Waals surface area contributed by atoms with E-state index in [1.165, 1.54) is 5.56 Å². The fourth-order valence-corrected chi connectivity index (χ4v) is 4.46. The number of carbonyl (C=O) groups is 1. The molecule has 198 valence electrons. The largest absolute Gasteiger partial charge is 0.492 e. The summed E-state index contributed by atoms with van der Waals surface area (Å²) in [6.45, 7) is 8.67. The third kappa shape index (κ3) is 7.82. The number of hydrogen-bond donors (Lipinski definition) is 1. The van der Waals surface area contributed by atoms with Crippen LogP contribution in [-0.4, -0.2) is 28.6 Å². The summed E-state index contributed by atoms with van der Waals surface area (Å²) in [6, 6.07) is 26.6. The molecule has 1 heterocycles. The van der Waals surface area contributed by atoms with Crippen molar-refractivity contribution in [2.45, 2.75) is 58.4 Å². The Morgan fingerprint density at radius 2 is 1.66 bits per heavy atom. The maximum Gasteiger partial charge on any atom is 0.243 e. The SMILES string of the molecule is CC(C)(C)c1ccc(OCCn2c(CCCCCNC(=O)/C=C/c3ccccc3)nc3ccccc32)cc1. The normalized spacial score (nSPS) is 11.8. The van der Waals surface area contributed by atoms with Gasteiger partial charge in [-0.3, -0.25) is 4.79 Å². The molecule has 1 aromatic heterocycles. The zero-order valence-electron chi connectivity index (χ0n) is 22.8. The van der Waals surface area contributed by atoms with E-state index in [-0.39, 0.29) is 11.3 Å². The molecular weight excluding hydrogens is 470 g/mol. The van der Waals surface area contributed by atoms with Gasteiger partial charge in [0.1, 0.15) is 18.2 Å². The van der Waals surface area contributed by atoms with Crippen molar-refractivity contribution in [3.63, 3.8) is 0 Å². The molecule has 3 aromatic carbocycles. The zero-order chi connectivity index (χ0) is 26.8. The minimum atomic E-state index is -0.0521. The Labute approximate surface area is 226 Å². The number of nitrogens with zero attached hydrogens (tertiary/aromatic N) is 2. The second-order valence-electron chi connectivity index (χ2n) is 10.6. The lowest BCUT2D eigenvalue weighted by Crippen LogP contribution is -2.22. The van der Waals surface area contributed by atoms with Crippen LogP contribution in [0.1, 0.15) is 57.0 Å². The molecule has 0 atom stereocenters. The molecule has 0 bridgehead atoms. The number of hydrogen-bond acceptors (Lipinski definition) is 3. The van der Waals surface area contributed by atoms with Crippen molar-refractivity contribution >= 4 is 23.0 Å². The van der Waals surface area contributed by atoms with Crippen LogP contribution in [0.3, 0.4) is 0 Å². The van der Waals surface area contributed by atoms with Gasteiger partial charge in [0.15, 0.2) is 0 Å². The average molecular weight is 510 g/mol. The monoisotopic (exact) mass is 509 g/mol. The molecule has 38 heavy (non-hydrogen) atoms. The molecule has 0 saturated heterocycles. The lowest BCUT2D eigenvalue weighted by molar-refractivity contribution is -0.116. The van der Waals surface area contributed by atoms with E-state index < -0.39 is 0 Å². The highest BCUT2D eigenvalue weighted by molar-refractivity contribution is 5.91. The lowest BCUT2D eigenvalue weighted by Gasteiger charge is -2.19. The number of imidazole rings is 1. The highest BCUT2D eigenvalue weighted by atomic mass is 16.5. The molecule has 1 N–H and O–H groups in total. The van der Waals surface area contributed by atoms with Gasteiger partial charge < -0.3 is 14.6 Å². The summed E-state index contributed by atoms with van der Waals surface area (Å²) in [5.74, 6) is 1.93. The second-order valence-corrected chi connectivity index (χ2v) is 10.6. The van der Waals surface area contributed by atoms with E-state index in [1.54, 1.807) is 6.08 Å². The number of ether oxygens (including phenoxy) is 1. The van der Waals surface area contributed by atoms with Crippen LogP contribution in [-0.2, 0) is 23.2 Å². The van der Waals surface area contributed by atoms with Crippen molar-refractivity contribution in [1.29, 1.82) is 0 Å². The summed E-state index contributed by atoms with van der Waals surface area (Å²) in [4.78, 5) is 17.0. The Morgan fingerprint density at radius 1 is 0.921 bits per heavy atom. The van der Waals surface area contributed by atoms with Crippen LogP contribution < -0.4 is 10.1 Å². The average Bonchev–Trinajstić information content (AvgIpc) is 3.27. The van der Waals surface area contributed by atoms with Crippen LogP contribution in [0.5, 0.6) is 5.75 Å². The van der Waals surface area contributed by atoms with E-state index >= 15 is 0 Å². The zero-order valence-corrected chi connectivity index (χ0v) is 22.8. The molecule has 1 amide bonds. The molecular formula is C33H39N3O2. The van der Waals surface area contributed by atoms with E-state index in [2.05, 4.69) is 73.1 Å². The van der Waals surface area contributed by atoms with Crippen LogP contribution >= 0.6 is 0 Å². The third-order valence-electron chi connectivity index (χ3n) is 6.64. The van der Waals surface area contributed by atoms with Gasteiger partial charge in [-0.2, -0.15) is 0 Å². The smallest absolute Gasteiger partial charge is 0.243 e. The number of aromatic nitrogens is 2. The summed E-state index contributed by atoms with van der Waals surface area (Å²) in [6.07, 6.45) is 7.33. The minimum absolute atomic E-state index is 0.0521. The Balaban J connectivity index is 1.24. The van der Waals surface area contributed by atoms with Gasteiger partial charge in [-0.25, -0.2) is 4.98 Å². The Kier molecular flexibility index (Phi) is 9.36. The summed E-state index contributed by atoms with van der Waals surface area (Å²) < 4.78 is 8.37. The van der Waals surface area contributed by atoms with Gasteiger partial charge in [0.2, 0.25) is 5.91 Å². The van der Waals surface area contributed by atoms with Crippen LogP contribution in [0.15, 0.2) is 84.9 Å². The highest BCUT2D eigenvalue weighted by Crippen LogP contribution is 2.24. The molecule has 0 radical (unpaired) electrons. The van der Waals surface area contributed by atoms with Crippen molar-refractivity contribution in [2.75, 3.05) is 13.2 Å². The molecule has 0 saturated carbocycles. The molecule has 0 aliphatic rings. The van der Waals surface area contributed by atoms with E-state index in [4.69, 9.17) is 9.72 Å². The quantitative estimate of drug-likeness (QED) is 0.166. The van der Waals surface area contributed by atoms with Crippen LogP contribution in [0, 0.1) is 0 Å². The van der Waals surface area contributed by atoms with Gasteiger partial charge in [-0.15, -0.1) is 0 Å². The first-order valence-corrected chi connectivity index (χ1v) is 13.6. The van der Waals surface area contributed by atoms with Gasteiger partial charge >= 0.3 is 0 Å². The van der Waals surface area contributed by atoms with Crippen molar-refractivity contribution in [3.05, 3.63) is 102 Å². The number of para-hydroxylation sites is 2. The molecule has 0 aliphatic carbocycles. The number of rotatable bonds is 12. The molecule has 0 fully saturated rings. The first kappa shape index (κ1) is 27.2. The molecule has 5 heteroatoms. The maximum atomic E-state index is 12.1. The summed E-state index contributed by atoms with van der Waals surface area (Å²) in [7, 11) is 0.